The summed E-state index contributed by atoms with van der Waals surface area (Å²) in [6, 6.07) is 11.0. The lowest BCUT2D eigenvalue weighted by Gasteiger charge is -2.28. The number of amides is 1. The fourth-order valence-corrected chi connectivity index (χ4v) is 4.15. The number of carbonyl (C=O) groups excluding carboxylic acids is 1. The second kappa shape index (κ2) is 8.29. The number of nitrogens with one attached hydrogen (secondary N) is 1. The van der Waals surface area contributed by atoms with Crippen molar-refractivity contribution in [3.63, 3.8) is 0 Å². The van der Waals surface area contributed by atoms with Crippen LogP contribution < -0.4 is 9.62 Å². The maximum absolute atomic E-state index is 12.5. The molecule has 1 N–H and O–H groups in total. The average molecular weight is 415 g/mol. The number of anilines is 1. The Balaban J connectivity index is 2.18. The highest BCUT2D eigenvalue weighted by atomic mass is 35.5. The van der Waals surface area contributed by atoms with Crippen LogP contribution in [0.1, 0.15) is 18.1 Å². The van der Waals surface area contributed by atoms with Crippen LogP contribution in [0.2, 0.25) is 10.0 Å². The molecule has 0 aliphatic rings. The molecular formula is C18H20Cl2N2O3S. The molecule has 1 amide bonds. The van der Waals surface area contributed by atoms with Crippen molar-refractivity contribution in [3.8, 4) is 0 Å². The van der Waals surface area contributed by atoms with Crippen LogP contribution in [0.4, 0.5) is 5.69 Å². The van der Waals surface area contributed by atoms with E-state index in [1.54, 1.807) is 49.4 Å². The van der Waals surface area contributed by atoms with Crippen molar-refractivity contribution in [2.75, 3.05) is 10.6 Å². The van der Waals surface area contributed by atoms with Crippen molar-refractivity contribution in [1.29, 1.82) is 0 Å². The molecule has 2 rings (SSSR count). The highest BCUT2D eigenvalue weighted by Crippen LogP contribution is 2.23. The van der Waals surface area contributed by atoms with Gasteiger partial charge in [-0.05, 0) is 43.7 Å². The Morgan fingerprint density at radius 2 is 1.77 bits per heavy atom. The van der Waals surface area contributed by atoms with Gasteiger partial charge in [0.25, 0.3) is 0 Å². The van der Waals surface area contributed by atoms with Crippen LogP contribution in [0, 0.1) is 6.92 Å². The fraction of sp³-hybridized carbons (Fsp3) is 0.278. The van der Waals surface area contributed by atoms with E-state index < -0.39 is 22.0 Å². The average Bonchev–Trinajstić information content (AvgIpc) is 2.54. The molecule has 8 heteroatoms. The van der Waals surface area contributed by atoms with Crippen molar-refractivity contribution in [2.24, 2.45) is 0 Å². The van der Waals surface area contributed by atoms with Gasteiger partial charge in [0.2, 0.25) is 15.9 Å². The monoisotopic (exact) mass is 414 g/mol. The number of carbonyl (C=O) groups is 1. The lowest BCUT2D eigenvalue weighted by Crippen LogP contribution is -2.47. The normalized spacial score (nSPS) is 12.5. The molecule has 0 aliphatic heterocycles. The molecule has 5 nitrogen and oxygen atoms in total. The number of benzene rings is 2. The zero-order chi connectivity index (χ0) is 19.5. The molecule has 0 saturated carbocycles. The lowest BCUT2D eigenvalue weighted by molar-refractivity contribution is -0.122. The Bertz CT molecular complexity index is 899. The van der Waals surface area contributed by atoms with Gasteiger partial charge in [0.1, 0.15) is 6.04 Å². The molecule has 0 unspecified atom stereocenters. The van der Waals surface area contributed by atoms with Crippen molar-refractivity contribution in [3.05, 3.63) is 63.6 Å². The summed E-state index contributed by atoms with van der Waals surface area (Å²) in [7, 11) is -3.64. The molecular weight excluding hydrogens is 395 g/mol. The van der Waals surface area contributed by atoms with Crippen LogP contribution in [0.5, 0.6) is 0 Å². The first-order valence-electron chi connectivity index (χ1n) is 7.87. The van der Waals surface area contributed by atoms with Gasteiger partial charge in [-0.1, -0.05) is 47.0 Å². The van der Waals surface area contributed by atoms with Gasteiger partial charge in [0.05, 0.1) is 11.9 Å². The molecule has 0 spiro atoms. The van der Waals surface area contributed by atoms with Crippen molar-refractivity contribution >= 4 is 44.8 Å². The summed E-state index contributed by atoms with van der Waals surface area (Å²) in [4.78, 5) is 12.5. The zero-order valence-electron chi connectivity index (χ0n) is 14.7. The standard InChI is InChI=1S/C18H20Cl2N2O3S/c1-12-4-8-16(9-5-12)22(26(3,24)25)13(2)18(23)21-11-14-6-7-15(19)10-17(14)20/h4-10,13H,11H2,1-3H3,(H,21,23)/t13-/m1/s1. The molecule has 1 atom stereocenters. The first-order valence-corrected chi connectivity index (χ1v) is 10.5. The molecule has 0 radical (unpaired) electrons. The molecule has 140 valence electrons. The Morgan fingerprint density at radius 1 is 1.15 bits per heavy atom. The van der Waals surface area contributed by atoms with Gasteiger partial charge in [-0.3, -0.25) is 9.10 Å². The van der Waals surface area contributed by atoms with Gasteiger partial charge >= 0.3 is 0 Å². The molecule has 2 aromatic carbocycles. The molecule has 26 heavy (non-hydrogen) atoms. The van der Waals surface area contributed by atoms with E-state index in [0.717, 1.165) is 16.1 Å². The van der Waals surface area contributed by atoms with E-state index in [1.807, 2.05) is 6.92 Å². The third-order valence-corrected chi connectivity index (χ3v) is 5.67. The highest BCUT2D eigenvalue weighted by molar-refractivity contribution is 7.92. The van der Waals surface area contributed by atoms with E-state index in [2.05, 4.69) is 5.32 Å². The SMILES string of the molecule is Cc1ccc(N([C@H](C)C(=O)NCc2ccc(Cl)cc2Cl)S(C)(=O)=O)cc1. The largest absolute Gasteiger partial charge is 0.350 e. The molecule has 0 saturated heterocycles. The third-order valence-electron chi connectivity index (χ3n) is 3.85. The quantitative estimate of drug-likeness (QED) is 0.781. The molecule has 0 aromatic heterocycles. The predicted octanol–water partition coefficient (Wildman–Crippen LogP) is 3.77. The van der Waals surface area contributed by atoms with Crippen LogP contribution in [-0.2, 0) is 21.4 Å². The number of nitrogens with zero attached hydrogens (tertiary/aromatic N) is 1. The predicted molar refractivity (Wildman–Crippen MR) is 106 cm³/mol. The lowest BCUT2D eigenvalue weighted by atomic mass is 10.2. The van der Waals surface area contributed by atoms with E-state index in [9.17, 15) is 13.2 Å². The maximum Gasteiger partial charge on any atom is 0.243 e. The minimum Gasteiger partial charge on any atom is -0.350 e. The smallest absolute Gasteiger partial charge is 0.243 e. The van der Waals surface area contributed by atoms with Crippen molar-refractivity contribution < 1.29 is 13.2 Å². The van der Waals surface area contributed by atoms with Crippen LogP contribution >= 0.6 is 23.2 Å². The van der Waals surface area contributed by atoms with Gasteiger partial charge in [-0.2, -0.15) is 0 Å². The maximum atomic E-state index is 12.5. The number of halogens is 2. The summed E-state index contributed by atoms with van der Waals surface area (Å²) in [5.74, 6) is -0.429. The van der Waals surface area contributed by atoms with E-state index in [4.69, 9.17) is 23.2 Å². The van der Waals surface area contributed by atoms with E-state index in [0.29, 0.717) is 21.3 Å². The number of aryl methyl sites for hydroxylation is 1. The van der Waals surface area contributed by atoms with Gasteiger partial charge in [-0.25, -0.2) is 8.42 Å². The van der Waals surface area contributed by atoms with Crippen LogP contribution in [-0.4, -0.2) is 26.6 Å². The summed E-state index contributed by atoms with van der Waals surface area (Å²) < 4.78 is 25.6. The zero-order valence-corrected chi connectivity index (χ0v) is 17.0. The number of hydrogen-bond acceptors (Lipinski definition) is 3. The second-order valence-electron chi connectivity index (χ2n) is 6.02. The van der Waals surface area contributed by atoms with E-state index in [-0.39, 0.29) is 6.54 Å². The first kappa shape index (κ1) is 20.6. The molecule has 0 aliphatic carbocycles. The molecule has 0 fully saturated rings. The fourth-order valence-electron chi connectivity index (χ4n) is 2.50. The van der Waals surface area contributed by atoms with Gasteiger partial charge in [-0.15, -0.1) is 0 Å². The summed E-state index contributed by atoms with van der Waals surface area (Å²) in [5, 5.41) is 3.66. The minimum absolute atomic E-state index is 0.171. The molecule has 0 heterocycles. The summed E-state index contributed by atoms with van der Waals surface area (Å²) >= 11 is 12.0. The Kier molecular flexibility index (Phi) is 6.55. The summed E-state index contributed by atoms with van der Waals surface area (Å²) in [6.45, 7) is 3.62. The summed E-state index contributed by atoms with van der Waals surface area (Å²) in [5.41, 5.74) is 2.12. The van der Waals surface area contributed by atoms with Gasteiger partial charge < -0.3 is 5.32 Å². The van der Waals surface area contributed by atoms with Crippen molar-refractivity contribution in [2.45, 2.75) is 26.4 Å². The first-order chi connectivity index (χ1) is 12.1. The van der Waals surface area contributed by atoms with Crippen LogP contribution in [0.15, 0.2) is 42.5 Å². The number of hydrogen-bond donors (Lipinski definition) is 1. The van der Waals surface area contributed by atoms with Crippen LogP contribution in [0.25, 0.3) is 0 Å². The van der Waals surface area contributed by atoms with Crippen molar-refractivity contribution in [1.82, 2.24) is 5.32 Å². The number of rotatable bonds is 6. The highest BCUT2D eigenvalue weighted by Gasteiger charge is 2.28. The molecule has 2 aromatic rings. The second-order valence-corrected chi connectivity index (χ2v) is 8.73. The van der Waals surface area contributed by atoms with Gasteiger partial charge in [0, 0.05) is 16.6 Å². The third kappa shape index (κ3) is 5.13. The Morgan fingerprint density at radius 3 is 2.31 bits per heavy atom. The van der Waals surface area contributed by atoms with E-state index in [1.165, 1.54) is 0 Å². The van der Waals surface area contributed by atoms with E-state index >= 15 is 0 Å². The van der Waals surface area contributed by atoms with Gasteiger partial charge in [0.15, 0.2) is 0 Å². The van der Waals surface area contributed by atoms with Crippen LogP contribution in [0.3, 0.4) is 0 Å². The minimum atomic E-state index is -3.64. The number of sulfonamides is 1. The Hall–Kier alpha value is -1.76. The Labute approximate surface area is 164 Å². The molecule has 0 bridgehead atoms. The topological polar surface area (TPSA) is 66.5 Å². The summed E-state index contributed by atoms with van der Waals surface area (Å²) in [6.07, 6.45) is 1.08.